The van der Waals surface area contributed by atoms with E-state index in [1.807, 2.05) is 51.4 Å². The van der Waals surface area contributed by atoms with Gasteiger partial charge in [-0.15, -0.1) is 11.3 Å². The standard InChI is InChI=1S/C22H24N4O2S/c27-21(19-7-3-10-26(15-19)22(28)20-8-4-12-29-20)24-13-17-5-1-2-6-18(17)14-25-11-9-23-16-25/h1-2,4-6,8-9,11-12,16,19H,3,7,10,13-15H2,(H,24,27)/t19-/m1/s1. The summed E-state index contributed by atoms with van der Waals surface area (Å²) in [4.78, 5) is 32.0. The highest BCUT2D eigenvalue weighted by atomic mass is 32.1. The number of hydrogen-bond donors (Lipinski definition) is 1. The number of carbonyl (C=O) groups is 2. The number of imidazole rings is 1. The summed E-state index contributed by atoms with van der Waals surface area (Å²) in [6.45, 7) is 2.41. The van der Waals surface area contributed by atoms with Crippen LogP contribution >= 0.6 is 11.3 Å². The first kappa shape index (κ1) is 19.4. The van der Waals surface area contributed by atoms with E-state index in [9.17, 15) is 9.59 Å². The Balaban J connectivity index is 1.36. The molecule has 2 amide bonds. The number of aromatic nitrogens is 2. The largest absolute Gasteiger partial charge is 0.352 e. The van der Waals surface area contributed by atoms with E-state index in [4.69, 9.17) is 0 Å². The summed E-state index contributed by atoms with van der Waals surface area (Å²) in [5.74, 6) is -0.109. The highest BCUT2D eigenvalue weighted by Crippen LogP contribution is 2.21. The summed E-state index contributed by atoms with van der Waals surface area (Å²) >= 11 is 1.45. The molecule has 0 bridgehead atoms. The molecule has 2 aromatic heterocycles. The number of nitrogens with one attached hydrogen (secondary N) is 1. The van der Waals surface area contributed by atoms with Crippen molar-refractivity contribution in [1.82, 2.24) is 19.8 Å². The maximum atomic E-state index is 12.8. The molecular weight excluding hydrogens is 384 g/mol. The Hall–Kier alpha value is -2.93. The molecule has 1 aliphatic rings. The molecule has 1 aromatic carbocycles. The van der Waals surface area contributed by atoms with Gasteiger partial charge < -0.3 is 14.8 Å². The Bertz CT molecular complexity index is 953. The molecule has 0 radical (unpaired) electrons. The highest BCUT2D eigenvalue weighted by molar-refractivity contribution is 7.12. The van der Waals surface area contributed by atoms with E-state index in [1.165, 1.54) is 11.3 Å². The SMILES string of the molecule is O=C(NCc1ccccc1Cn1ccnc1)[C@@H]1CCCN(C(=O)c2cccs2)C1. The summed E-state index contributed by atoms with van der Waals surface area (Å²) in [6, 6.07) is 11.8. The molecule has 4 rings (SSSR count). The lowest BCUT2D eigenvalue weighted by Gasteiger charge is -2.31. The van der Waals surface area contributed by atoms with Crippen LogP contribution in [0.4, 0.5) is 0 Å². The zero-order chi connectivity index (χ0) is 20.1. The van der Waals surface area contributed by atoms with Crippen LogP contribution in [0.25, 0.3) is 0 Å². The zero-order valence-electron chi connectivity index (χ0n) is 16.2. The molecule has 1 aliphatic heterocycles. The lowest BCUT2D eigenvalue weighted by atomic mass is 9.96. The predicted octanol–water partition coefficient (Wildman–Crippen LogP) is 3.16. The number of nitrogens with zero attached hydrogens (tertiary/aromatic N) is 3. The lowest BCUT2D eigenvalue weighted by Crippen LogP contribution is -2.45. The number of carbonyl (C=O) groups excluding carboxylic acids is 2. The lowest BCUT2D eigenvalue weighted by molar-refractivity contribution is -0.126. The molecule has 0 unspecified atom stereocenters. The average molecular weight is 409 g/mol. The highest BCUT2D eigenvalue weighted by Gasteiger charge is 2.29. The van der Waals surface area contributed by atoms with Crippen molar-refractivity contribution in [3.05, 3.63) is 76.5 Å². The maximum absolute atomic E-state index is 12.8. The van der Waals surface area contributed by atoms with Crippen LogP contribution < -0.4 is 5.32 Å². The Morgan fingerprint density at radius 1 is 1.17 bits per heavy atom. The Morgan fingerprint density at radius 3 is 2.79 bits per heavy atom. The van der Waals surface area contributed by atoms with Crippen LogP contribution in [0.1, 0.15) is 33.6 Å². The number of likely N-dealkylation sites (tertiary alicyclic amines) is 1. The van der Waals surface area contributed by atoms with Crippen molar-refractivity contribution in [1.29, 1.82) is 0 Å². The van der Waals surface area contributed by atoms with Gasteiger partial charge in [0.2, 0.25) is 5.91 Å². The minimum atomic E-state index is -0.159. The van der Waals surface area contributed by atoms with Crippen LogP contribution in [-0.2, 0) is 17.9 Å². The number of thiophene rings is 1. The molecule has 0 aliphatic carbocycles. The van der Waals surface area contributed by atoms with Gasteiger partial charge in [0.05, 0.1) is 17.1 Å². The molecule has 0 spiro atoms. The van der Waals surface area contributed by atoms with Crippen molar-refractivity contribution in [3.8, 4) is 0 Å². The molecule has 7 heteroatoms. The van der Waals surface area contributed by atoms with Crippen LogP contribution in [0, 0.1) is 5.92 Å². The molecule has 1 saturated heterocycles. The second-order valence-electron chi connectivity index (χ2n) is 7.29. The third-order valence-electron chi connectivity index (χ3n) is 5.29. The molecule has 3 heterocycles. The van der Waals surface area contributed by atoms with Crippen LogP contribution in [-0.4, -0.2) is 39.4 Å². The summed E-state index contributed by atoms with van der Waals surface area (Å²) in [5, 5.41) is 4.99. The van der Waals surface area contributed by atoms with E-state index in [0.29, 0.717) is 19.6 Å². The van der Waals surface area contributed by atoms with Gasteiger partial charge in [-0.25, -0.2) is 4.98 Å². The van der Waals surface area contributed by atoms with Gasteiger partial charge >= 0.3 is 0 Å². The van der Waals surface area contributed by atoms with Crippen molar-refractivity contribution in [3.63, 3.8) is 0 Å². The van der Waals surface area contributed by atoms with E-state index in [2.05, 4.69) is 16.4 Å². The molecule has 29 heavy (non-hydrogen) atoms. The number of rotatable bonds is 6. The third-order valence-corrected chi connectivity index (χ3v) is 6.15. The second-order valence-corrected chi connectivity index (χ2v) is 8.24. The molecule has 1 atom stereocenters. The maximum Gasteiger partial charge on any atom is 0.263 e. The van der Waals surface area contributed by atoms with Gasteiger partial charge in [0.15, 0.2) is 0 Å². The first-order valence-corrected chi connectivity index (χ1v) is 10.7. The van der Waals surface area contributed by atoms with Crippen LogP contribution in [0.15, 0.2) is 60.5 Å². The molecule has 3 aromatic rings. The second kappa shape index (κ2) is 9.05. The molecule has 1 N–H and O–H groups in total. The topological polar surface area (TPSA) is 67.2 Å². The van der Waals surface area contributed by atoms with Gasteiger partial charge in [-0.2, -0.15) is 0 Å². The summed E-state index contributed by atoms with van der Waals surface area (Å²) in [6.07, 6.45) is 7.15. The summed E-state index contributed by atoms with van der Waals surface area (Å²) in [5.41, 5.74) is 2.25. The van der Waals surface area contributed by atoms with Crippen LogP contribution in [0.5, 0.6) is 0 Å². The monoisotopic (exact) mass is 408 g/mol. The molecular formula is C22H24N4O2S. The molecule has 1 fully saturated rings. The van der Waals surface area contributed by atoms with E-state index >= 15 is 0 Å². The van der Waals surface area contributed by atoms with Gasteiger partial charge in [0.1, 0.15) is 0 Å². The number of amides is 2. The smallest absolute Gasteiger partial charge is 0.263 e. The van der Waals surface area contributed by atoms with E-state index in [-0.39, 0.29) is 17.7 Å². The average Bonchev–Trinajstić information content (AvgIpc) is 3.47. The van der Waals surface area contributed by atoms with Gasteiger partial charge in [0, 0.05) is 38.6 Å². The minimum Gasteiger partial charge on any atom is -0.352 e. The molecule has 6 nitrogen and oxygen atoms in total. The Kier molecular flexibility index (Phi) is 6.05. The molecule has 150 valence electrons. The van der Waals surface area contributed by atoms with Crippen LogP contribution in [0.3, 0.4) is 0 Å². The number of hydrogen-bond acceptors (Lipinski definition) is 4. The number of benzene rings is 1. The van der Waals surface area contributed by atoms with E-state index in [0.717, 1.165) is 35.4 Å². The normalized spacial score (nSPS) is 16.6. The Labute approximate surface area is 174 Å². The van der Waals surface area contributed by atoms with Crippen molar-refractivity contribution in [2.75, 3.05) is 13.1 Å². The van der Waals surface area contributed by atoms with Gasteiger partial charge in [-0.05, 0) is 35.4 Å². The minimum absolute atomic E-state index is 0.0195. The van der Waals surface area contributed by atoms with Crippen molar-refractivity contribution >= 4 is 23.2 Å². The first-order valence-electron chi connectivity index (χ1n) is 9.84. The summed E-state index contributed by atoms with van der Waals surface area (Å²) in [7, 11) is 0. The third kappa shape index (κ3) is 4.74. The van der Waals surface area contributed by atoms with Crippen molar-refractivity contribution in [2.45, 2.75) is 25.9 Å². The van der Waals surface area contributed by atoms with E-state index < -0.39 is 0 Å². The van der Waals surface area contributed by atoms with Crippen molar-refractivity contribution in [2.24, 2.45) is 5.92 Å². The van der Waals surface area contributed by atoms with Gasteiger partial charge in [0.25, 0.3) is 5.91 Å². The quantitative estimate of drug-likeness (QED) is 0.681. The number of piperidine rings is 1. The fraction of sp³-hybridized carbons (Fsp3) is 0.318. The predicted molar refractivity (Wildman–Crippen MR) is 113 cm³/mol. The van der Waals surface area contributed by atoms with Gasteiger partial charge in [-0.1, -0.05) is 30.3 Å². The van der Waals surface area contributed by atoms with E-state index in [1.54, 1.807) is 12.5 Å². The van der Waals surface area contributed by atoms with Crippen LogP contribution in [0.2, 0.25) is 0 Å². The zero-order valence-corrected chi connectivity index (χ0v) is 17.0. The fourth-order valence-electron chi connectivity index (χ4n) is 3.72. The fourth-order valence-corrected chi connectivity index (χ4v) is 4.41. The molecule has 0 saturated carbocycles. The summed E-state index contributed by atoms with van der Waals surface area (Å²) < 4.78 is 2.01. The first-order chi connectivity index (χ1) is 14.2. The van der Waals surface area contributed by atoms with Gasteiger partial charge in [-0.3, -0.25) is 9.59 Å². The van der Waals surface area contributed by atoms with Crippen molar-refractivity contribution < 1.29 is 9.59 Å². The Morgan fingerprint density at radius 2 is 2.03 bits per heavy atom.